The molecule has 0 N–H and O–H groups in total. The summed E-state index contributed by atoms with van der Waals surface area (Å²) < 4.78 is 10.9. The number of amides is 1. The molecule has 3 aliphatic rings. The Hall–Kier alpha value is -0.840. The lowest BCUT2D eigenvalue weighted by atomic mass is 9.86. The van der Waals surface area contributed by atoms with Gasteiger partial charge in [-0.1, -0.05) is 49.1 Å². The van der Waals surface area contributed by atoms with Gasteiger partial charge in [-0.15, -0.1) is 0 Å². The first-order valence-electron chi connectivity index (χ1n) is 9.62. The molecule has 0 aromatic carbocycles. The average molecular weight is 368 g/mol. The van der Waals surface area contributed by atoms with Gasteiger partial charge in [-0.05, 0) is 31.8 Å². The Morgan fingerprint density at radius 2 is 2.00 bits per heavy atom. The molecule has 4 nitrogen and oxygen atoms in total. The summed E-state index contributed by atoms with van der Waals surface area (Å²) in [7, 11) is 1.65. The van der Waals surface area contributed by atoms with Gasteiger partial charge in [-0.3, -0.25) is 4.79 Å². The van der Waals surface area contributed by atoms with E-state index in [9.17, 15) is 4.79 Å². The summed E-state index contributed by atoms with van der Waals surface area (Å²) in [4.78, 5) is 15.1. The molecule has 0 bridgehead atoms. The Balaban J connectivity index is 1.59. The number of allylic oxidation sites excluding steroid dienone is 2. The number of ether oxygens (including phenoxy) is 2. The van der Waals surface area contributed by atoms with Gasteiger partial charge >= 0.3 is 0 Å². The smallest absolute Gasteiger partial charge is 0.226 e. The number of methoxy groups -OCH3 is 1. The number of halogens is 1. The van der Waals surface area contributed by atoms with Gasteiger partial charge in [-0.25, -0.2) is 0 Å². The summed E-state index contributed by atoms with van der Waals surface area (Å²) in [6, 6.07) is 0.465. The van der Waals surface area contributed by atoms with E-state index in [1.54, 1.807) is 7.11 Å². The summed E-state index contributed by atoms with van der Waals surface area (Å²) in [6.07, 6.45) is 15.8. The maximum Gasteiger partial charge on any atom is 0.226 e. The van der Waals surface area contributed by atoms with E-state index in [4.69, 9.17) is 21.1 Å². The maximum absolute atomic E-state index is 12.9. The number of carbonyl (C=O) groups excluding carboxylic acids is 1. The zero-order chi connectivity index (χ0) is 17.7. The molecule has 1 aliphatic heterocycles. The number of hydrogen-bond donors (Lipinski definition) is 0. The van der Waals surface area contributed by atoms with Crippen molar-refractivity contribution in [3.05, 3.63) is 24.3 Å². The molecule has 2 aliphatic carbocycles. The van der Waals surface area contributed by atoms with Crippen molar-refractivity contribution >= 4 is 17.5 Å². The Kier molecular flexibility index (Phi) is 6.59. The van der Waals surface area contributed by atoms with Crippen LogP contribution in [0.15, 0.2) is 24.3 Å². The summed E-state index contributed by atoms with van der Waals surface area (Å²) in [5.74, 6) is 0.397. The van der Waals surface area contributed by atoms with Crippen LogP contribution in [0.2, 0.25) is 0 Å². The van der Waals surface area contributed by atoms with Crippen molar-refractivity contribution in [1.82, 2.24) is 4.90 Å². The molecule has 1 saturated carbocycles. The van der Waals surface area contributed by atoms with Crippen LogP contribution < -0.4 is 0 Å². The predicted octanol–water partition coefficient (Wildman–Crippen LogP) is 3.90. The predicted molar refractivity (Wildman–Crippen MR) is 99.5 cm³/mol. The van der Waals surface area contributed by atoms with Gasteiger partial charge in [0.15, 0.2) is 5.06 Å². The Morgan fingerprint density at radius 1 is 1.20 bits per heavy atom. The van der Waals surface area contributed by atoms with E-state index in [1.165, 1.54) is 32.1 Å². The molecule has 25 heavy (non-hydrogen) atoms. The van der Waals surface area contributed by atoms with Gasteiger partial charge in [0.2, 0.25) is 5.91 Å². The second kappa shape index (κ2) is 8.70. The SMILES string of the molecule is COCCOC1(Cl)C=CC=CC1CC1CCN(C2CCCCC2)C1=O. The van der Waals surface area contributed by atoms with Crippen molar-refractivity contribution in [1.29, 1.82) is 0 Å². The lowest BCUT2D eigenvalue weighted by molar-refractivity contribution is -0.134. The summed E-state index contributed by atoms with van der Waals surface area (Å²) in [5, 5.41) is -0.869. The highest BCUT2D eigenvalue weighted by Gasteiger charge is 2.42. The first-order chi connectivity index (χ1) is 12.1. The molecule has 2 fully saturated rings. The van der Waals surface area contributed by atoms with Gasteiger partial charge in [-0.2, -0.15) is 0 Å². The monoisotopic (exact) mass is 367 g/mol. The Labute approximate surface area is 156 Å². The number of hydrogen-bond acceptors (Lipinski definition) is 3. The summed E-state index contributed by atoms with van der Waals surface area (Å²) in [6.45, 7) is 1.86. The fourth-order valence-corrected chi connectivity index (χ4v) is 4.67. The van der Waals surface area contributed by atoms with E-state index in [2.05, 4.69) is 11.0 Å². The zero-order valence-electron chi connectivity index (χ0n) is 15.2. The van der Waals surface area contributed by atoms with E-state index in [0.717, 1.165) is 19.4 Å². The fourth-order valence-electron chi connectivity index (χ4n) is 4.36. The lowest BCUT2D eigenvalue weighted by Crippen LogP contribution is -2.40. The molecule has 5 heteroatoms. The molecule has 1 amide bonds. The normalized spacial score (nSPS) is 33.4. The molecular formula is C20H30ClNO3. The molecule has 3 unspecified atom stereocenters. The second-order valence-electron chi connectivity index (χ2n) is 7.43. The van der Waals surface area contributed by atoms with Crippen molar-refractivity contribution < 1.29 is 14.3 Å². The van der Waals surface area contributed by atoms with Crippen molar-refractivity contribution in [2.75, 3.05) is 26.9 Å². The Morgan fingerprint density at radius 3 is 2.76 bits per heavy atom. The van der Waals surface area contributed by atoms with E-state index in [1.807, 2.05) is 18.2 Å². The van der Waals surface area contributed by atoms with E-state index in [0.29, 0.717) is 25.2 Å². The Bertz CT molecular complexity index is 515. The van der Waals surface area contributed by atoms with Gasteiger partial charge in [0.1, 0.15) is 0 Å². The molecule has 0 aromatic heterocycles. The van der Waals surface area contributed by atoms with Crippen LogP contribution >= 0.6 is 11.6 Å². The van der Waals surface area contributed by atoms with Gasteiger partial charge in [0.05, 0.1) is 13.2 Å². The third-order valence-electron chi connectivity index (χ3n) is 5.80. The minimum absolute atomic E-state index is 0.0104. The molecule has 0 spiro atoms. The quantitative estimate of drug-likeness (QED) is 0.506. The van der Waals surface area contributed by atoms with E-state index in [-0.39, 0.29) is 11.8 Å². The van der Waals surface area contributed by atoms with Crippen LogP contribution in [0.4, 0.5) is 0 Å². The number of carbonyl (C=O) groups is 1. The van der Waals surface area contributed by atoms with Crippen LogP contribution in [0.1, 0.15) is 44.9 Å². The highest BCUT2D eigenvalue weighted by molar-refractivity contribution is 6.24. The second-order valence-corrected chi connectivity index (χ2v) is 8.03. The van der Waals surface area contributed by atoms with Gasteiger partial charge in [0, 0.05) is 31.5 Å². The van der Waals surface area contributed by atoms with Crippen molar-refractivity contribution in [3.8, 4) is 0 Å². The summed E-state index contributed by atoms with van der Waals surface area (Å²) in [5.41, 5.74) is 0. The highest BCUT2D eigenvalue weighted by Crippen LogP contribution is 2.40. The average Bonchev–Trinajstić information content (AvgIpc) is 2.99. The molecule has 0 radical (unpaired) electrons. The van der Waals surface area contributed by atoms with Crippen molar-refractivity contribution in [2.45, 2.75) is 56.0 Å². The maximum atomic E-state index is 12.9. The molecule has 1 saturated heterocycles. The van der Waals surface area contributed by atoms with Crippen LogP contribution in [-0.4, -0.2) is 48.8 Å². The largest absolute Gasteiger partial charge is 0.382 e. The van der Waals surface area contributed by atoms with E-state index >= 15 is 0 Å². The topological polar surface area (TPSA) is 38.8 Å². The first-order valence-corrected chi connectivity index (χ1v) is 10.00. The standard InChI is InChI=1S/C20H30ClNO3/c1-24-13-14-25-20(21)11-6-5-7-17(20)15-16-10-12-22(19(16)23)18-8-3-2-4-9-18/h5-7,11,16-18H,2-4,8-10,12-15H2,1H3. The minimum atomic E-state index is -0.869. The summed E-state index contributed by atoms with van der Waals surface area (Å²) >= 11 is 6.75. The molecule has 1 heterocycles. The number of rotatable bonds is 7. The highest BCUT2D eigenvalue weighted by atomic mass is 35.5. The van der Waals surface area contributed by atoms with Crippen molar-refractivity contribution in [3.63, 3.8) is 0 Å². The number of nitrogens with zero attached hydrogens (tertiary/aromatic N) is 1. The molecule has 0 aromatic rings. The third-order valence-corrected chi connectivity index (χ3v) is 6.31. The van der Waals surface area contributed by atoms with Gasteiger partial charge < -0.3 is 14.4 Å². The van der Waals surface area contributed by atoms with Crippen LogP contribution in [0, 0.1) is 11.8 Å². The number of likely N-dealkylation sites (tertiary alicyclic amines) is 1. The fraction of sp³-hybridized carbons (Fsp3) is 0.750. The van der Waals surface area contributed by atoms with Crippen molar-refractivity contribution in [2.24, 2.45) is 11.8 Å². The number of alkyl halides is 1. The molecule has 140 valence electrons. The first kappa shape index (κ1) is 18.9. The van der Waals surface area contributed by atoms with Crippen LogP contribution in [0.25, 0.3) is 0 Å². The van der Waals surface area contributed by atoms with Crippen LogP contribution in [0.3, 0.4) is 0 Å². The van der Waals surface area contributed by atoms with E-state index < -0.39 is 5.06 Å². The molecule has 3 rings (SSSR count). The van der Waals surface area contributed by atoms with Crippen LogP contribution in [0.5, 0.6) is 0 Å². The lowest BCUT2D eigenvalue weighted by Gasteiger charge is -2.34. The molecular weight excluding hydrogens is 338 g/mol. The van der Waals surface area contributed by atoms with Crippen LogP contribution in [-0.2, 0) is 14.3 Å². The van der Waals surface area contributed by atoms with Gasteiger partial charge in [0.25, 0.3) is 0 Å². The zero-order valence-corrected chi connectivity index (χ0v) is 15.9. The minimum Gasteiger partial charge on any atom is -0.382 e. The third kappa shape index (κ3) is 4.47. The molecule has 3 atom stereocenters.